The Morgan fingerprint density at radius 1 is 1.20 bits per heavy atom. The van der Waals surface area contributed by atoms with Crippen molar-refractivity contribution in [3.05, 3.63) is 35.9 Å². The van der Waals surface area contributed by atoms with Crippen molar-refractivity contribution >= 4 is 5.95 Å². The van der Waals surface area contributed by atoms with E-state index >= 15 is 0 Å². The van der Waals surface area contributed by atoms with Crippen LogP contribution in [0.25, 0.3) is 0 Å². The third kappa shape index (κ3) is 3.79. The highest BCUT2D eigenvalue weighted by atomic mass is 15.3. The van der Waals surface area contributed by atoms with Gasteiger partial charge in [0, 0.05) is 30.7 Å². The fourth-order valence-corrected chi connectivity index (χ4v) is 2.07. The minimum atomic E-state index is 0.333. The monoisotopic (exact) mass is 273 g/mol. The van der Waals surface area contributed by atoms with Crippen LogP contribution in [0.3, 0.4) is 0 Å². The molecule has 0 amide bonds. The first kappa shape index (κ1) is 14.5. The SMILES string of the molecule is Cc1nn(C(C)C)cc1CCC(C)Nc1ncccn1. The molecule has 0 spiro atoms. The van der Waals surface area contributed by atoms with E-state index in [1.807, 2.05) is 10.7 Å². The number of anilines is 1. The molecular formula is C15H23N5. The van der Waals surface area contributed by atoms with Crippen LogP contribution in [-0.4, -0.2) is 25.8 Å². The van der Waals surface area contributed by atoms with Crippen LogP contribution < -0.4 is 5.32 Å². The predicted molar refractivity (Wildman–Crippen MR) is 80.8 cm³/mol. The molecule has 1 atom stereocenters. The summed E-state index contributed by atoms with van der Waals surface area (Å²) >= 11 is 0. The van der Waals surface area contributed by atoms with E-state index in [0.29, 0.717) is 18.0 Å². The first-order valence-corrected chi connectivity index (χ1v) is 7.14. The molecule has 2 aromatic rings. The lowest BCUT2D eigenvalue weighted by molar-refractivity contribution is 0.528. The van der Waals surface area contributed by atoms with Crippen LogP contribution in [0.15, 0.2) is 24.7 Å². The van der Waals surface area contributed by atoms with E-state index in [9.17, 15) is 0 Å². The smallest absolute Gasteiger partial charge is 0.222 e. The molecule has 5 nitrogen and oxygen atoms in total. The van der Waals surface area contributed by atoms with Crippen molar-refractivity contribution in [1.82, 2.24) is 19.7 Å². The van der Waals surface area contributed by atoms with E-state index in [1.165, 1.54) is 5.56 Å². The van der Waals surface area contributed by atoms with Gasteiger partial charge in [-0.15, -0.1) is 0 Å². The van der Waals surface area contributed by atoms with Crippen molar-refractivity contribution in [2.24, 2.45) is 0 Å². The number of hydrogen-bond donors (Lipinski definition) is 1. The van der Waals surface area contributed by atoms with E-state index in [2.05, 4.69) is 54.3 Å². The van der Waals surface area contributed by atoms with Gasteiger partial charge in [-0.1, -0.05) is 0 Å². The standard InChI is InChI=1S/C15H23N5/c1-11(2)20-10-14(13(4)19-20)7-6-12(3)18-15-16-8-5-9-17-15/h5,8-12H,6-7H2,1-4H3,(H,16,17,18). The van der Waals surface area contributed by atoms with Crippen molar-refractivity contribution in [1.29, 1.82) is 0 Å². The Labute approximate surface area is 120 Å². The van der Waals surface area contributed by atoms with Gasteiger partial charge in [0.1, 0.15) is 0 Å². The number of rotatable bonds is 6. The number of aromatic nitrogens is 4. The van der Waals surface area contributed by atoms with Gasteiger partial charge in [0.15, 0.2) is 0 Å². The second kappa shape index (κ2) is 6.50. The van der Waals surface area contributed by atoms with Crippen LogP contribution >= 0.6 is 0 Å². The normalized spacial score (nSPS) is 12.7. The van der Waals surface area contributed by atoms with Gasteiger partial charge in [-0.2, -0.15) is 5.10 Å². The van der Waals surface area contributed by atoms with Crippen LogP contribution in [-0.2, 0) is 6.42 Å². The Hall–Kier alpha value is -1.91. The molecule has 1 N–H and O–H groups in total. The topological polar surface area (TPSA) is 55.6 Å². The summed E-state index contributed by atoms with van der Waals surface area (Å²) in [5, 5.41) is 7.86. The van der Waals surface area contributed by atoms with Crippen LogP contribution in [0.2, 0.25) is 0 Å². The molecule has 5 heteroatoms. The zero-order valence-corrected chi connectivity index (χ0v) is 12.7. The molecule has 108 valence electrons. The second-order valence-electron chi connectivity index (χ2n) is 5.47. The van der Waals surface area contributed by atoms with Gasteiger partial charge < -0.3 is 5.32 Å². The highest BCUT2D eigenvalue weighted by Gasteiger charge is 2.09. The largest absolute Gasteiger partial charge is 0.352 e. The number of nitrogens with one attached hydrogen (secondary N) is 1. The summed E-state index contributed by atoms with van der Waals surface area (Å²) in [4.78, 5) is 8.36. The molecule has 0 saturated carbocycles. The van der Waals surface area contributed by atoms with Gasteiger partial charge in [-0.3, -0.25) is 4.68 Å². The second-order valence-corrected chi connectivity index (χ2v) is 5.47. The molecule has 2 aromatic heterocycles. The van der Waals surface area contributed by atoms with Crippen LogP contribution in [0.5, 0.6) is 0 Å². The van der Waals surface area contributed by atoms with Crippen molar-refractivity contribution in [3.8, 4) is 0 Å². The maximum Gasteiger partial charge on any atom is 0.222 e. The number of aryl methyl sites for hydroxylation is 2. The Morgan fingerprint density at radius 2 is 1.90 bits per heavy atom. The lowest BCUT2D eigenvalue weighted by Crippen LogP contribution is -2.17. The minimum Gasteiger partial charge on any atom is -0.352 e. The zero-order chi connectivity index (χ0) is 14.5. The molecule has 0 aliphatic carbocycles. The molecule has 20 heavy (non-hydrogen) atoms. The van der Waals surface area contributed by atoms with Crippen molar-refractivity contribution in [2.45, 2.75) is 52.6 Å². The summed E-state index contributed by atoms with van der Waals surface area (Å²) in [5.74, 6) is 0.689. The van der Waals surface area contributed by atoms with Gasteiger partial charge in [0.2, 0.25) is 5.95 Å². The van der Waals surface area contributed by atoms with Gasteiger partial charge in [-0.05, 0) is 52.2 Å². The zero-order valence-electron chi connectivity index (χ0n) is 12.7. The molecule has 2 rings (SSSR count). The molecule has 0 aliphatic rings. The van der Waals surface area contributed by atoms with Crippen LogP contribution in [0.4, 0.5) is 5.95 Å². The lowest BCUT2D eigenvalue weighted by Gasteiger charge is -2.12. The molecular weight excluding hydrogens is 250 g/mol. The minimum absolute atomic E-state index is 0.333. The van der Waals surface area contributed by atoms with Crippen LogP contribution in [0.1, 0.15) is 44.5 Å². The summed E-state index contributed by atoms with van der Waals surface area (Å²) in [6, 6.07) is 2.56. The molecule has 0 radical (unpaired) electrons. The van der Waals surface area contributed by atoms with Gasteiger partial charge in [0.05, 0.1) is 5.69 Å². The quantitative estimate of drug-likeness (QED) is 0.879. The fourth-order valence-electron chi connectivity index (χ4n) is 2.07. The first-order valence-electron chi connectivity index (χ1n) is 7.14. The molecule has 0 bridgehead atoms. The van der Waals surface area contributed by atoms with Crippen LogP contribution in [0, 0.1) is 6.92 Å². The number of nitrogens with zero attached hydrogens (tertiary/aromatic N) is 4. The maximum atomic E-state index is 4.54. The maximum absolute atomic E-state index is 4.54. The van der Waals surface area contributed by atoms with Crippen molar-refractivity contribution < 1.29 is 0 Å². The Morgan fingerprint density at radius 3 is 2.50 bits per heavy atom. The Balaban J connectivity index is 1.88. The molecule has 0 aromatic carbocycles. The first-order chi connectivity index (χ1) is 9.56. The van der Waals surface area contributed by atoms with Gasteiger partial charge in [-0.25, -0.2) is 9.97 Å². The molecule has 0 fully saturated rings. The van der Waals surface area contributed by atoms with E-state index in [-0.39, 0.29) is 0 Å². The average molecular weight is 273 g/mol. The van der Waals surface area contributed by atoms with Gasteiger partial charge in [0.25, 0.3) is 0 Å². The molecule has 2 heterocycles. The summed E-state index contributed by atoms with van der Waals surface area (Å²) in [7, 11) is 0. The Kier molecular flexibility index (Phi) is 4.71. The van der Waals surface area contributed by atoms with Crippen molar-refractivity contribution in [3.63, 3.8) is 0 Å². The number of hydrogen-bond acceptors (Lipinski definition) is 4. The summed E-state index contributed by atoms with van der Waals surface area (Å²) in [5.41, 5.74) is 2.45. The van der Waals surface area contributed by atoms with E-state index < -0.39 is 0 Å². The van der Waals surface area contributed by atoms with E-state index in [0.717, 1.165) is 18.5 Å². The Bertz CT molecular complexity index is 532. The summed E-state index contributed by atoms with van der Waals surface area (Å²) < 4.78 is 2.03. The lowest BCUT2D eigenvalue weighted by atomic mass is 10.1. The average Bonchev–Trinajstić information content (AvgIpc) is 2.79. The van der Waals surface area contributed by atoms with Crippen molar-refractivity contribution in [2.75, 3.05) is 5.32 Å². The third-order valence-electron chi connectivity index (χ3n) is 3.34. The van der Waals surface area contributed by atoms with E-state index in [1.54, 1.807) is 12.4 Å². The highest BCUT2D eigenvalue weighted by molar-refractivity contribution is 5.24. The molecule has 1 unspecified atom stereocenters. The highest BCUT2D eigenvalue weighted by Crippen LogP contribution is 2.14. The van der Waals surface area contributed by atoms with Gasteiger partial charge >= 0.3 is 0 Å². The molecule has 0 aliphatic heterocycles. The summed E-state index contributed by atoms with van der Waals surface area (Å²) in [6.45, 7) is 8.52. The van der Waals surface area contributed by atoms with E-state index in [4.69, 9.17) is 0 Å². The predicted octanol–water partition coefficient (Wildman–Crippen LogP) is 3.00. The fraction of sp³-hybridized carbons (Fsp3) is 0.533. The third-order valence-corrected chi connectivity index (χ3v) is 3.34. The molecule has 0 saturated heterocycles. The summed E-state index contributed by atoms with van der Waals surface area (Å²) in [6.07, 6.45) is 7.70.